The highest BCUT2D eigenvalue weighted by molar-refractivity contribution is 7.91. The maximum atomic E-state index is 12.9. The molecule has 1 atom stereocenters. The van der Waals surface area contributed by atoms with Gasteiger partial charge in [-0.2, -0.15) is 4.72 Å². The number of likely N-dealkylation sites (tertiary alicyclic amines) is 2. The average molecular weight is 488 g/mol. The molecule has 0 aliphatic carbocycles. The zero-order valence-corrected chi connectivity index (χ0v) is 20.2. The van der Waals surface area contributed by atoms with Crippen LogP contribution >= 0.6 is 34.3 Å². The number of hydrogen-bond donors (Lipinski definition) is 1. The van der Waals surface area contributed by atoms with Gasteiger partial charge in [0.25, 0.3) is 10.0 Å². The Labute approximate surface area is 190 Å². The summed E-state index contributed by atoms with van der Waals surface area (Å²) < 4.78 is 29.3. The molecule has 2 aliphatic heterocycles. The molecule has 0 aromatic carbocycles. The fourth-order valence-electron chi connectivity index (χ4n) is 4.18. The van der Waals surface area contributed by atoms with Crippen LogP contribution in [-0.2, 0) is 14.8 Å². The van der Waals surface area contributed by atoms with E-state index in [1.807, 2.05) is 11.0 Å². The van der Waals surface area contributed by atoms with Crippen LogP contribution in [0.1, 0.15) is 33.1 Å². The maximum absolute atomic E-state index is 12.9. The maximum Gasteiger partial charge on any atom is 0.250 e. The zero-order valence-electron chi connectivity index (χ0n) is 17.0. The van der Waals surface area contributed by atoms with Crippen LogP contribution in [0, 0.1) is 0 Å². The highest BCUT2D eigenvalue weighted by Crippen LogP contribution is 2.37. The van der Waals surface area contributed by atoms with E-state index in [1.54, 1.807) is 18.2 Å². The van der Waals surface area contributed by atoms with Gasteiger partial charge in [-0.05, 0) is 57.4 Å². The summed E-state index contributed by atoms with van der Waals surface area (Å²) in [5.41, 5.74) is 0. The second-order valence-corrected chi connectivity index (χ2v) is 12.8. The highest BCUT2D eigenvalue weighted by Gasteiger charge is 2.39. The first kappa shape index (κ1) is 22.2. The molecule has 1 amide bonds. The average Bonchev–Trinajstić information content (AvgIpc) is 3.43. The van der Waals surface area contributed by atoms with Crippen molar-refractivity contribution in [2.45, 2.75) is 55.4 Å². The number of nitrogens with zero attached hydrogens (tertiary/aromatic N) is 2. The molecule has 2 saturated heterocycles. The number of thiophene rings is 2. The van der Waals surface area contributed by atoms with E-state index in [0.717, 1.165) is 35.7 Å². The van der Waals surface area contributed by atoms with Crippen LogP contribution in [0.15, 0.2) is 28.5 Å². The second-order valence-electron chi connectivity index (χ2n) is 8.08. The van der Waals surface area contributed by atoms with E-state index in [4.69, 9.17) is 11.6 Å². The van der Waals surface area contributed by atoms with Crippen LogP contribution in [-0.4, -0.2) is 61.9 Å². The summed E-state index contributed by atoms with van der Waals surface area (Å²) in [7, 11) is -3.75. The topological polar surface area (TPSA) is 69.7 Å². The van der Waals surface area contributed by atoms with Crippen LogP contribution < -0.4 is 4.72 Å². The van der Waals surface area contributed by atoms with Gasteiger partial charge >= 0.3 is 0 Å². The minimum Gasteiger partial charge on any atom is -0.338 e. The molecular formula is C20H26ClN3O3S3. The molecule has 0 spiro atoms. The Morgan fingerprint density at radius 2 is 1.70 bits per heavy atom. The smallest absolute Gasteiger partial charge is 0.250 e. The second kappa shape index (κ2) is 8.88. The van der Waals surface area contributed by atoms with Crippen molar-refractivity contribution in [3.8, 4) is 9.75 Å². The minimum absolute atomic E-state index is 0.0941. The Morgan fingerprint density at radius 3 is 2.33 bits per heavy atom. The fourth-order valence-corrected chi connectivity index (χ4v) is 7.86. The van der Waals surface area contributed by atoms with Crippen LogP contribution in [0.25, 0.3) is 9.75 Å². The number of halogens is 1. The molecule has 4 heterocycles. The van der Waals surface area contributed by atoms with E-state index >= 15 is 0 Å². The molecule has 0 saturated carbocycles. The van der Waals surface area contributed by atoms with Gasteiger partial charge in [0.1, 0.15) is 10.3 Å². The van der Waals surface area contributed by atoms with E-state index in [2.05, 4.69) is 23.5 Å². The molecule has 4 rings (SSSR count). The highest BCUT2D eigenvalue weighted by atomic mass is 35.5. The van der Waals surface area contributed by atoms with Crippen LogP contribution in [0.4, 0.5) is 0 Å². The van der Waals surface area contributed by atoms with Gasteiger partial charge in [-0.3, -0.25) is 4.79 Å². The van der Waals surface area contributed by atoms with E-state index in [-0.39, 0.29) is 16.2 Å². The van der Waals surface area contributed by atoms with Crippen molar-refractivity contribution in [1.29, 1.82) is 0 Å². The predicted molar refractivity (Wildman–Crippen MR) is 123 cm³/mol. The first-order chi connectivity index (χ1) is 14.2. The monoisotopic (exact) mass is 487 g/mol. The predicted octanol–water partition coefficient (Wildman–Crippen LogP) is 3.88. The summed E-state index contributed by atoms with van der Waals surface area (Å²) in [6.07, 6.45) is 2.41. The third-order valence-corrected chi connectivity index (χ3v) is 10.3. The Balaban J connectivity index is 1.40. The quantitative estimate of drug-likeness (QED) is 0.671. The van der Waals surface area contributed by atoms with Gasteiger partial charge in [0.2, 0.25) is 5.91 Å². The van der Waals surface area contributed by atoms with Crippen molar-refractivity contribution in [3.63, 3.8) is 0 Å². The first-order valence-corrected chi connectivity index (χ1v) is 13.7. The van der Waals surface area contributed by atoms with Crippen molar-refractivity contribution in [2.75, 3.05) is 19.6 Å². The number of piperidine rings is 1. The van der Waals surface area contributed by atoms with Crippen molar-refractivity contribution < 1.29 is 13.2 Å². The number of rotatable bonds is 6. The molecule has 10 heteroatoms. The standard InChI is InChI=1S/C20H26ClN3O3S3/c1-13(2)23-10-7-14(8-11-23)24-12-9-15(20(24)25)22-30(26,27)19-6-4-17(29-19)16-3-5-18(21)28-16/h3-6,13-15,22H,7-12H2,1-2H3/t15-/m0/s1. The van der Waals surface area contributed by atoms with Crippen molar-refractivity contribution >= 4 is 50.2 Å². The lowest BCUT2D eigenvalue weighted by atomic mass is 10.0. The van der Waals surface area contributed by atoms with Gasteiger partial charge in [0, 0.05) is 41.5 Å². The molecule has 164 valence electrons. The van der Waals surface area contributed by atoms with Gasteiger partial charge in [-0.15, -0.1) is 22.7 Å². The SMILES string of the molecule is CC(C)N1CCC(N2CC[C@H](NS(=O)(=O)c3ccc(-c4ccc(Cl)s4)s3)C2=O)CC1. The van der Waals surface area contributed by atoms with E-state index in [1.165, 1.54) is 22.7 Å². The lowest BCUT2D eigenvalue weighted by Gasteiger charge is -2.38. The molecule has 0 radical (unpaired) electrons. The molecule has 2 aromatic rings. The van der Waals surface area contributed by atoms with Crippen LogP contribution in [0.3, 0.4) is 0 Å². The summed E-state index contributed by atoms with van der Waals surface area (Å²) >= 11 is 8.59. The van der Waals surface area contributed by atoms with Crippen molar-refractivity contribution in [3.05, 3.63) is 28.6 Å². The largest absolute Gasteiger partial charge is 0.338 e. The van der Waals surface area contributed by atoms with Crippen molar-refractivity contribution in [2.24, 2.45) is 0 Å². The number of carbonyl (C=O) groups excluding carboxylic acids is 1. The van der Waals surface area contributed by atoms with Gasteiger partial charge in [-0.25, -0.2) is 8.42 Å². The molecule has 2 aromatic heterocycles. The van der Waals surface area contributed by atoms with Gasteiger partial charge in [-0.1, -0.05) is 11.6 Å². The Bertz CT molecular complexity index is 1010. The summed E-state index contributed by atoms with van der Waals surface area (Å²) in [6.45, 7) is 6.95. The van der Waals surface area contributed by atoms with E-state index in [0.29, 0.717) is 23.3 Å². The molecule has 0 unspecified atom stereocenters. The van der Waals surface area contributed by atoms with Gasteiger partial charge < -0.3 is 9.80 Å². The van der Waals surface area contributed by atoms with Crippen LogP contribution in [0.2, 0.25) is 4.34 Å². The van der Waals surface area contributed by atoms with Gasteiger partial charge in [0.15, 0.2) is 0 Å². The zero-order chi connectivity index (χ0) is 21.5. The summed E-state index contributed by atoms with van der Waals surface area (Å²) in [5.74, 6) is -0.0941. The molecule has 1 N–H and O–H groups in total. The van der Waals surface area contributed by atoms with Gasteiger partial charge in [0.05, 0.1) is 4.34 Å². The summed E-state index contributed by atoms with van der Waals surface area (Å²) in [6, 6.07) is 7.09. The molecule has 0 bridgehead atoms. The summed E-state index contributed by atoms with van der Waals surface area (Å²) in [5, 5.41) is 0. The minimum atomic E-state index is -3.75. The Hall–Kier alpha value is -0.970. The van der Waals surface area contributed by atoms with Crippen LogP contribution in [0.5, 0.6) is 0 Å². The lowest BCUT2D eigenvalue weighted by Crippen LogP contribution is -2.49. The third-order valence-electron chi connectivity index (χ3n) is 5.87. The molecule has 2 aliphatic rings. The number of carbonyl (C=O) groups is 1. The number of nitrogens with one attached hydrogen (secondary N) is 1. The Kier molecular flexibility index (Phi) is 6.58. The first-order valence-electron chi connectivity index (χ1n) is 10.2. The number of hydrogen-bond acceptors (Lipinski definition) is 6. The summed E-state index contributed by atoms with van der Waals surface area (Å²) in [4.78, 5) is 19.0. The molecule has 6 nitrogen and oxygen atoms in total. The Morgan fingerprint density at radius 1 is 1.03 bits per heavy atom. The fraction of sp³-hybridized carbons (Fsp3) is 0.550. The van der Waals surface area contributed by atoms with Crippen molar-refractivity contribution in [1.82, 2.24) is 14.5 Å². The molecular weight excluding hydrogens is 462 g/mol. The number of amides is 1. The van der Waals surface area contributed by atoms with E-state index < -0.39 is 16.1 Å². The van der Waals surface area contributed by atoms with E-state index in [9.17, 15) is 13.2 Å². The molecule has 30 heavy (non-hydrogen) atoms. The molecule has 2 fully saturated rings. The third kappa shape index (κ3) is 4.61. The number of sulfonamides is 1. The lowest BCUT2D eigenvalue weighted by molar-refractivity contribution is -0.131. The normalized spacial score (nSPS) is 21.8.